The molecule has 8 heteroatoms. The number of carbonyl (C=O) groups excluding carboxylic acids is 1. The fraction of sp³-hybridized carbons (Fsp3) is 0.588. The number of hydrogen-bond acceptors (Lipinski definition) is 7. The zero-order valence-electron chi connectivity index (χ0n) is 14.3. The molecule has 1 amide bonds. The number of aromatic nitrogens is 2. The molecule has 1 aromatic rings. The number of ether oxygens (including phenoxy) is 1. The van der Waals surface area contributed by atoms with E-state index in [-0.39, 0.29) is 6.61 Å². The summed E-state index contributed by atoms with van der Waals surface area (Å²) in [5.41, 5.74) is 0. The van der Waals surface area contributed by atoms with Crippen molar-refractivity contribution < 1.29 is 9.53 Å². The number of rotatable bonds is 6. The van der Waals surface area contributed by atoms with Crippen LogP contribution in [-0.4, -0.2) is 53.2 Å². The van der Waals surface area contributed by atoms with Crippen LogP contribution in [0, 0.1) is 11.8 Å². The first-order chi connectivity index (χ1) is 12.3. The van der Waals surface area contributed by atoms with Crippen molar-refractivity contribution in [2.75, 3.05) is 37.3 Å². The largest absolute Gasteiger partial charge is 0.445 e. The van der Waals surface area contributed by atoms with Gasteiger partial charge < -0.3 is 4.74 Å². The van der Waals surface area contributed by atoms with Crippen LogP contribution in [0.25, 0.3) is 0 Å². The van der Waals surface area contributed by atoms with Crippen molar-refractivity contribution >= 4 is 34.3 Å². The Morgan fingerprint density at radius 2 is 2.04 bits per heavy atom. The highest BCUT2D eigenvalue weighted by molar-refractivity contribution is 8.01. The Morgan fingerprint density at radius 3 is 2.80 bits per heavy atom. The van der Waals surface area contributed by atoms with Crippen LogP contribution in [0.2, 0.25) is 0 Å². The van der Waals surface area contributed by atoms with Crippen molar-refractivity contribution in [3.8, 4) is 11.8 Å². The van der Waals surface area contributed by atoms with Crippen LogP contribution in [0.1, 0.15) is 32.1 Å². The summed E-state index contributed by atoms with van der Waals surface area (Å²) >= 11 is 2.84. The average Bonchev–Trinajstić information content (AvgIpc) is 3.01. The summed E-state index contributed by atoms with van der Waals surface area (Å²) in [6, 6.07) is 0. The second-order valence-corrected chi connectivity index (χ2v) is 7.77. The van der Waals surface area contributed by atoms with Crippen molar-refractivity contribution in [1.29, 1.82) is 0 Å². The number of amides is 1. The van der Waals surface area contributed by atoms with Crippen LogP contribution >= 0.6 is 23.1 Å². The Balaban J connectivity index is 1.66. The summed E-state index contributed by atoms with van der Waals surface area (Å²) in [5.74, 6) is 7.10. The average molecular weight is 381 g/mol. The molecule has 1 N–H and O–H groups in total. The Bertz CT molecular complexity index is 601. The standard InChI is InChI=1S/C17H24N4O2S2/c1-2-13-23-16(22)18-15-19-20-17(25-15)24-14-9-8-12-21-10-6-4-3-5-7-11-21/h2H,1,3-7,10-14H2,(H,18,19,22). The third-order valence-corrected chi connectivity index (χ3v) is 5.45. The highest BCUT2D eigenvalue weighted by atomic mass is 32.2. The third-order valence-electron chi connectivity index (χ3n) is 3.59. The number of thioether (sulfide) groups is 1. The molecule has 0 saturated carbocycles. The molecule has 1 fully saturated rings. The van der Waals surface area contributed by atoms with Crippen LogP contribution in [0.5, 0.6) is 0 Å². The van der Waals surface area contributed by atoms with Gasteiger partial charge in [0.15, 0.2) is 4.34 Å². The van der Waals surface area contributed by atoms with E-state index in [1.54, 1.807) is 0 Å². The van der Waals surface area contributed by atoms with Crippen LogP contribution in [0.15, 0.2) is 17.0 Å². The van der Waals surface area contributed by atoms with Crippen molar-refractivity contribution in [2.24, 2.45) is 0 Å². The molecule has 0 spiro atoms. The molecule has 1 aliphatic heterocycles. The normalized spacial score (nSPS) is 15.4. The van der Waals surface area contributed by atoms with E-state index in [0.29, 0.717) is 10.9 Å². The van der Waals surface area contributed by atoms with Crippen LogP contribution in [-0.2, 0) is 4.74 Å². The fourth-order valence-electron chi connectivity index (χ4n) is 2.36. The van der Waals surface area contributed by atoms with Gasteiger partial charge in [0.25, 0.3) is 0 Å². The lowest BCUT2D eigenvalue weighted by Gasteiger charge is -2.21. The maximum Gasteiger partial charge on any atom is 0.413 e. The van der Waals surface area contributed by atoms with Gasteiger partial charge in [-0.3, -0.25) is 10.2 Å². The molecule has 1 aromatic heterocycles. The lowest BCUT2D eigenvalue weighted by molar-refractivity contribution is 0.174. The molecule has 6 nitrogen and oxygen atoms in total. The summed E-state index contributed by atoms with van der Waals surface area (Å²) in [4.78, 5) is 13.8. The number of anilines is 1. The number of likely N-dealkylation sites (tertiary alicyclic amines) is 1. The van der Waals surface area contributed by atoms with Crippen molar-refractivity contribution in [2.45, 2.75) is 36.4 Å². The SMILES string of the molecule is C=CCOC(=O)Nc1nnc(SCC#CCN2CCCCCCC2)s1. The van der Waals surface area contributed by atoms with Gasteiger partial charge in [0.2, 0.25) is 5.13 Å². The molecule has 1 aliphatic rings. The van der Waals surface area contributed by atoms with Gasteiger partial charge in [-0.2, -0.15) is 0 Å². The van der Waals surface area contributed by atoms with Crippen molar-refractivity contribution in [1.82, 2.24) is 15.1 Å². The fourth-order valence-corrected chi connectivity index (χ4v) is 3.87. The minimum Gasteiger partial charge on any atom is -0.445 e. The molecule has 0 aromatic carbocycles. The van der Waals surface area contributed by atoms with Crippen LogP contribution in [0.4, 0.5) is 9.93 Å². The first-order valence-corrected chi connectivity index (χ1v) is 10.3. The van der Waals surface area contributed by atoms with E-state index in [9.17, 15) is 4.79 Å². The van der Waals surface area contributed by atoms with Gasteiger partial charge in [0.05, 0.1) is 12.3 Å². The highest BCUT2D eigenvalue weighted by Gasteiger charge is 2.09. The lowest BCUT2D eigenvalue weighted by Crippen LogP contribution is -2.27. The Morgan fingerprint density at radius 1 is 1.28 bits per heavy atom. The molecule has 1 saturated heterocycles. The van der Waals surface area contributed by atoms with E-state index >= 15 is 0 Å². The molecule has 136 valence electrons. The van der Waals surface area contributed by atoms with E-state index < -0.39 is 6.09 Å². The van der Waals surface area contributed by atoms with E-state index in [1.807, 2.05) is 0 Å². The van der Waals surface area contributed by atoms with Crippen molar-refractivity contribution in [3.05, 3.63) is 12.7 Å². The minimum absolute atomic E-state index is 0.166. The van der Waals surface area contributed by atoms with Gasteiger partial charge in [-0.1, -0.05) is 66.9 Å². The van der Waals surface area contributed by atoms with Gasteiger partial charge >= 0.3 is 6.09 Å². The number of nitrogens with zero attached hydrogens (tertiary/aromatic N) is 3. The predicted molar refractivity (Wildman–Crippen MR) is 103 cm³/mol. The maximum atomic E-state index is 11.4. The zero-order valence-corrected chi connectivity index (χ0v) is 16.0. The second kappa shape index (κ2) is 11.9. The first-order valence-electron chi connectivity index (χ1n) is 8.47. The summed E-state index contributed by atoms with van der Waals surface area (Å²) in [7, 11) is 0. The van der Waals surface area contributed by atoms with Gasteiger partial charge in [0, 0.05) is 0 Å². The lowest BCUT2D eigenvalue weighted by atomic mass is 10.1. The van der Waals surface area contributed by atoms with Gasteiger partial charge in [-0.05, 0) is 25.9 Å². The maximum absolute atomic E-state index is 11.4. The Kier molecular flexibility index (Phi) is 9.41. The smallest absolute Gasteiger partial charge is 0.413 e. The molecule has 2 heterocycles. The van der Waals surface area contributed by atoms with Crippen LogP contribution < -0.4 is 5.32 Å². The molecule has 0 unspecified atom stereocenters. The number of hydrogen-bond donors (Lipinski definition) is 1. The molecule has 0 bridgehead atoms. The summed E-state index contributed by atoms with van der Waals surface area (Å²) in [5, 5.41) is 10.9. The molecular weight excluding hydrogens is 356 g/mol. The van der Waals surface area contributed by atoms with Crippen LogP contribution in [0.3, 0.4) is 0 Å². The molecule has 0 atom stereocenters. The topological polar surface area (TPSA) is 67.3 Å². The second-order valence-electron chi connectivity index (χ2n) is 5.57. The molecule has 2 rings (SSSR count). The molecule has 25 heavy (non-hydrogen) atoms. The molecule has 0 aliphatic carbocycles. The quantitative estimate of drug-likeness (QED) is 0.352. The summed E-state index contributed by atoms with van der Waals surface area (Å²) in [6.45, 7) is 6.82. The number of carbonyl (C=O) groups is 1. The van der Waals surface area contributed by atoms with Gasteiger partial charge in [-0.15, -0.1) is 10.2 Å². The summed E-state index contributed by atoms with van der Waals surface area (Å²) < 4.78 is 5.61. The molecule has 0 radical (unpaired) electrons. The Hall–Kier alpha value is -1.56. The van der Waals surface area contributed by atoms with E-state index in [2.05, 4.69) is 38.8 Å². The zero-order chi connectivity index (χ0) is 17.7. The predicted octanol–water partition coefficient (Wildman–Crippen LogP) is 3.63. The molecular formula is C17H24N4O2S2. The van der Waals surface area contributed by atoms with Gasteiger partial charge in [-0.25, -0.2) is 4.79 Å². The first kappa shape index (κ1) is 19.8. The minimum atomic E-state index is -0.555. The van der Waals surface area contributed by atoms with E-state index in [4.69, 9.17) is 4.74 Å². The number of nitrogens with one attached hydrogen (secondary N) is 1. The van der Waals surface area contributed by atoms with Crippen molar-refractivity contribution in [3.63, 3.8) is 0 Å². The highest BCUT2D eigenvalue weighted by Crippen LogP contribution is 2.25. The van der Waals surface area contributed by atoms with Gasteiger partial charge in [0.1, 0.15) is 6.61 Å². The van der Waals surface area contributed by atoms with E-state index in [1.165, 1.54) is 61.3 Å². The third kappa shape index (κ3) is 8.38. The summed E-state index contributed by atoms with van der Waals surface area (Å²) in [6.07, 6.45) is 7.58. The van der Waals surface area contributed by atoms with E-state index in [0.717, 1.165) is 24.0 Å². The monoisotopic (exact) mass is 380 g/mol. The Labute approximate surface area is 157 Å².